The molecule has 1 fully saturated rings. The highest BCUT2D eigenvalue weighted by molar-refractivity contribution is 5.88. The van der Waals surface area contributed by atoms with E-state index in [9.17, 15) is 9.59 Å². The molecule has 230 valence electrons. The number of hydrogen-bond acceptors (Lipinski definition) is 10. The van der Waals surface area contributed by atoms with Gasteiger partial charge in [0.1, 0.15) is 18.0 Å². The third-order valence-corrected chi connectivity index (χ3v) is 7.70. The third-order valence-electron chi connectivity index (χ3n) is 7.70. The van der Waals surface area contributed by atoms with Crippen LogP contribution in [-0.4, -0.2) is 74.7 Å². The van der Waals surface area contributed by atoms with Crippen LogP contribution in [0, 0.1) is 0 Å². The second-order valence-corrected chi connectivity index (χ2v) is 10.8. The van der Waals surface area contributed by atoms with Crippen LogP contribution in [0.15, 0.2) is 95.8 Å². The molecule has 5 aromatic rings. The summed E-state index contributed by atoms with van der Waals surface area (Å²) >= 11 is 0. The molecule has 1 unspecified atom stereocenters. The normalized spacial score (nSPS) is 15.2. The van der Waals surface area contributed by atoms with Gasteiger partial charge in [0.05, 0.1) is 50.3 Å². The number of hydrogen-bond donors (Lipinski definition) is 2. The van der Waals surface area contributed by atoms with Crippen LogP contribution < -0.4 is 15.9 Å². The number of nitrogens with one attached hydrogen (secondary N) is 1. The Kier molecular flexibility index (Phi) is 9.06. The van der Waals surface area contributed by atoms with E-state index in [1.807, 2.05) is 60.7 Å². The van der Waals surface area contributed by atoms with Crippen molar-refractivity contribution in [2.75, 3.05) is 26.7 Å². The number of nitrogens with zero attached hydrogens (tertiary/aromatic N) is 6. The van der Waals surface area contributed by atoms with E-state index in [-0.39, 0.29) is 38.0 Å². The van der Waals surface area contributed by atoms with Gasteiger partial charge < -0.3 is 24.8 Å². The molecule has 2 aromatic carbocycles. The number of ether oxygens (including phenoxy) is 1. The van der Waals surface area contributed by atoms with Crippen molar-refractivity contribution >= 4 is 22.7 Å². The van der Waals surface area contributed by atoms with E-state index in [0.717, 1.165) is 22.0 Å². The van der Waals surface area contributed by atoms with Gasteiger partial charge in [0, 0.05) is 30.7 Å². The van der Waals surface area contributed by atoms with Crippen LogP contribution in [0.5, 0.6) is 5.75 Å². The van der Waals surface area contributed by atoms with Crippen LogP contribution in [0.1, 0.15) is 16.9 Å². The highest BCUT2D eigenvalue weighted by atomic mass is 16.5. The van der Waals surface area contributed by atoms with E-state index >= 15 is 0 Å². The van der Waals surface area contributed by atoms with Crippen LogP contribution in [-0.2, 0) is 29.2 Å². The van der Waals surface area contributed by atoms with Crippen LogP contribution in [0.4, 0.5) is 0 Å². The highest BCUT2D eigenvalue weighted by Gasteiger charge is 2.34. The molecular weight excluding hydrogens is 572 g/mol. The zero-order valence-corrected chi connectivity index (χ0v) is 24.9. The third kappa shape index (κ3) is 7.15. The molecule has 0 saturated carbocycles. The predicted molar refractivity (Wildman–Crippen MR) is 167 cm³/mol. The van der Waals surface area contributed by atoms with E-state index in [1.54, 1.807) is 47.6 Å². The molecule has 1 aliphatic heterocycles. The molecule has 3 aromatic heterocycles. The first-order valence-electron chi connectivity index (χ1n) is 14.6. The Labute approximate surface area is 260 Å². The Balaban J connectivity index is 1.13. The average Bonchev–Trinajstić information content (AvgIpc) is 3.54. The number of fused-ring (bicyclic) bond motifs is 1. The van der Waals surface area contributed by atoms with Gasteiger partial charge in [-0.15, -0.1) is 0 Å². The summed E-state index contributed by atoms with van der Waals surface area (Å²) < 4.78 is 10.8. The van der Waals surface area contributed by atoms with Crippen molar-refractivity contribution in [1.29, 1.82) is 0 Å². The van der Waals surface area contributed by atoms with Crippen molar-refractivity contribution in [2.24, 2.45) is 5.73 Å². The number of methoxy groups -OCH3 is 1. The maximum Gasteiger partial charge on any atom is 0.242 e. The number of nitrogens with two attached hydrogens (primary N) is 1. The Morgan fingerprint density at radius 2 is 1.93 bits per heavy atom. The molecule has 0 aliphatic carbocycles. The molecular formula is C33H34N8O4. The second-order valence-electron chi connectivity index (χ2n) is 10.8. The SMILES string of the molecule is COc1ccc(-c2cc(CN(CC(=O)N3CC(=O)N(Cc4cccc5ncccc45)CC3N)NCc3ccccc3)on2)nc1. The molecule has 0 spiro atoms. The van der Waals surface area contributed by atoms with Gasteiger partial charge in [-0.1, -0.05) is 53.7 Å². The lowest BCUT2D eigenvalue weighted by Crippen LogP contribution is -2.62. The lowest BCUT2D eigenvalue weighted by Gasteiger charge is -2.40. The van der Waals surface area contributed by atoms with Crippen LogP contribution >= 0.6 is 0 Å². The van der Waals surface area contributed by atoms with Gasteiger partial charge in [0.15, 0.2) is 5.76 Å². The summed E-state index contributed by atoms with van der Waals surface area (Å²) in [5.74, 6) is 0.731. The molecule has 2 amide bonds. The van der Waals surface area contributed by atoms with Gasteiger partial charge in [0.25, 0.3) is 0 Å². The summed E-state index contributed by atoms with van der Waals surface area (Å²) in [4.78, 5) is 38.8. The summed E-state index contributed by atoms with van der Waals surface area (Å²) in [5, 5.41) is 6.89. The first kappa shape index (κ1) is 29.9. The van der Waals surface area contributed by atoms with E-state index in [2.05, 4.69) is 20.6 Å². The molecule has 3 N–H and O–H groups in total. The molecule has 0 bridgehead atoms. The van der Waals surface area contributed by atoms with Gasteiger partial charge in [-0.2, -0.15) is 0 Å². The van der Waals surface area contributed by atoms with Gasteiger partial charge >= 0.3 is 0 Å². The Hall–Kier alpha value is -5.17. The Morgan fingerprint density at radius 1 is 1.07 bits per heavy atom. The van der Waals surface area contributed by atoms with Gasteiger partial charge in [0.2, 0.25) is 11.8 Å². The topological polar surface area (TPSA) is 143 Å². The van der Waals surface area contributed by atoms with Gasteiger partial charge in [-0.25, -0.2) is 10.4 Å². The molecule has 0 radical (unpaired) electrons. The highest BCUT2D eigenvalue weighted by Crippen LogP contribution is 2.22. The Bertz CT molecular complexity index is 1760. The number of benzene rings is 2. The number of carbonyl (C=O) groups excluding carboxylic acids is 2. The van der Waals surface area contributed by atoms with Crippen LogP contribution in [0.3, 0.4) is 0 Å². The molecule has 6 rings (SSSR count). The number of pyridine rings is 2. The number of piperazine rings is 1. The number of carbonyl (C=O) groups is 2. The summed E-state index contributed by atoms with van der Waals surface area (Å²) in [6.07, 6.45) is 2.70. The predicted octanol–water partition coefficient (Wildman–Crippen LogP) is 2.96. The van der Waals surface area contributed by atoms with Crippen molar-refractivity contribution < 1.29 is 18.8 Å². The maximum absolute atomic E-state index is 13.6. The largest absolute Gasteiger partial charge is 0.495 e. The second kappa shape index (κ2) is 13.6. The van der Waals surface area contributed by atoms with E-state index < -0.39 is 6.17 Å². The summed E-state index contributed by atoms with van der Waals surface area (Å²) in [5.41, 5.74) is 13.9. The van der Waals surface area contributed by atoms with Crippen molar-refractivity contribution in [3.8, 4) is 17.1 Å². The quantitative estimate of drug-likeness (QED) is 0.216. The van der Waals surface area contributed by atoms with E-state index in [1.165, 1.54) is 4.90 Å². The van der Waals surface area contributed by atoms with Crippen molar-refractivity contribution in [3.63, 3.8) is 0 Å². The van der Waals surface area contributed by atoms with Gasteiger partial charge in [-0.05, 0) is 35.4 Å². The fraction of sp³-hybridized carbons (Fsp3) is 0.242. The molecule has 12 nitrogen and oxygen atoms in total. The standard InChI is InChI=1S/C33H34N8O4/c1-44-25-12-13-29(36-17-25)30-15-26(45-38-30)19-40(37-16-23-7-3-2-4-8-23)21-33(43)41-22-32(42)39(20-31(41)34)18-24-9-5-11-28-27(24)10-6-14-35-28/h2-15,17,31,37H,16,18-22,34H2,1H3. The molecule has 1 aliphatic rings. The lowest BCUT2D eigenvalue weighted by molar-refractivity contribution is -0.150. The van der Waals surface area contributed by atoms with Crippen LogP contribution in [0.2, 0.25) is 0 Å². The van der Waals surface area contributed by atoms with Crippen molar-refractivity contribution in [1.82, 2.24) is 35.4 Å². The minimum atomic E-state index is -0.655. The minimum Gasteiger partial charge on any atom is -0.495 e. The fourth-order valence-electron chi connectivity index (χ4n) is 5.30. The van der Waals surface area contributed by atoms with Crippen molar-refractivity contribution in [2.45, 2.75) is 25.8 Å². The van der Waals surface area contributed by atoms with E-state index in [0.29, 0.717) is 36.0 Å². The molecule has 12 heteroatoms. The smallest absolute Gasteiger partial charge is 0.242 e. The Morgan fingerprint density at radius 3 is 2.73 bits per heavy atom. The monoisotopic (exact) mass is 606 g/mol. The van der Waals surface area contributed by atoms with Crippen molar-refractivity contribution in [3.05, 3.63) is 108 Å². The maximum atomic E-state index is 13.6. The zero-order valence-electron chi connectivity index (χ0n) is 24.9. The number of amides is 2. The zero-order chi connectivity index (χ0) is 31.2. The summed E-state index contributed by atoms with van der Waals surface area (Å²) in [6, 6.07) is 24.9. The first-order chi connectivity index (χ1) is 22.0. The summed E-state index contributed by atoms with van der Waals surface area (Å²) in [7, 11) is 1.58. The summed E-state index contributed by atoms with van der Waals surface area (Å²) in [6.45, 7) is 1.18. The fourth-order valence-corrected chi connectivity index (χ4v) is 5.30. The number of rotatable bonds is 11. The minimum absolute atomic E-state index is 0.0420. The number of hydrazine groups is 1. The number of aromatic nitrogens is 3. The van der Waals surface area contributed by atoms with Crippen LogP contribution in [0.25, 0.3) is 22.3 Å². The molecule has 45 heavy (non-hydrogen) atoms. The first-order valence-corrected chi connectivity index (χ1v) is 14.6. The lowest BCUT2D eigenvalue weighted by atomic mass is 10.1. The molecule has 4 heterocycles. The average molecular weight is 607 g/mol. The molecule has 1 saturated heterocycles. The molecule has 1 atom stereocenters. The van der Waals surface area contributed by atoms with E-state index in [4.69, 9.17) is 15.0 Å². The van der Waals surface area contributed by atoms with Gasteiger partial charge in [-0.3, -0.25) is 19.6 Å².